The molecule has 0 fully saturated rings. The largest absolute Gasteiger partial charge is 0.494 e. The quantitative estimate of drug-likeness (QED) is 0.176. The number of carbonyl (C=O) groups is 2. The summed E-state index contributed by atoms with van der Waals surface area (Å²) < 4.78 is 13.4. The fourth-order valence-electron chi connectivity index (χ4n) is 4.85. The summed E-state index contributed by atoms with van der Waals surface area (Å²) >= 11 is 0. The molecule has 0 spiro atoms. The third kappa shape index (κ3) is 6.32. The van der Waals surface area contributed by atoms with Gasteiger partial charge in [-0.2, -0.15) is 5.10 Å². The molecule has 2 heterocycles. The Balaban J connectivity index is 1.56. The van der Waals surface area contributed by atoms with E-state index in [-0.39, 0.29) is 6.61 Å². The van der Waals surface area contributed by atoms with Crippen molar-refractivity contribution in [3.63, 3.8) is 0 Å². The molecule has 3 aromatic carbocycles. The molecule has 5 rings (SSSR count). The van der Waals surface area contributed by atoms with Crippen LogP contribution in [0.5, 0.6) is 5.75 Å². The van der Waals surface area contributed by atoms with Gasteiger partial charge in [-0.25, -0.2) is 14.3 Å². The lowest BCUT2D eigenvalue weighted by Gasteiger charge is -2.28. The lowest BCUT2D eigenvalue weighted by molar-refractivity contribution is -0.140. The van der Waals surface area contributed by atoms with Gasteiger partial charge in [-0.05, 0) is 61.7 Å². The highest BCUT2D eigenvalue weighted by molar-refractivity contribution is 5.95. The molecule has 0 aliphatic carbocycles. The number of rotatable bonds is 10. The number of amides is 2. The summed E-state index contributed by atoms with van der Waals surface area (Å²) in [5.74, 6) is 0.276. The average Bonchev–Trinajstić information content (AvgIpc) is 3.42. The number of ether oxygens (including phenoxy) is 2. The predicted octanol–water partition coefficient (Wildman–Crippen LogP) is 6.40. The van der Waals surface area contributed by atoms with E-state index in [4.69, 9.17) is 14.6 Å². The molecule has 41 heavy (non-hydrogen) atoms. The standard InChI is InChI=1S/C33H34N4O4/c1-4-5-18-40-26-16-17-27(22(2)19-26)30-28(20-37(36-30)25-14-10-7-11-15-25)31-29(23(3)34-33(39)35-31)32(38)41-21-24-12-8-6-9-13-24/h6-17,19-20,31H,4-5,18,21H2,1-3H3,(H2,34,35,39). The van der Waals surface area contributed by atoms with Crippen LogP contribution in [0.2, 0.25) is 0 Å². The second kappa shape index (κ2) is 12.6. The van der Waals surface area contributed by atoms with E-state index in [9.17, 15) is 9.59 Å². The number of hydrogen-bond donors (Lipinski definition) is 2. The second-order valence-electron chi connectivity index (χ2n) is 10.0. The number of aryl methyl sites for hydroxylation is 1. The van der Waals surface area contributed by atoms with Crippen molar-refractivity contribution in [1.29, 1.82) is 0 Å². The number of allylic oxidation sites excluding steroid dienone is 1. The number of nitrogens with one attached hydrogen (secondary N) is 2. The molecule has 0 saturated carbocycles. The normalized spacial score (nSPS) is 14.8. The molecule has 8 nitrogen and oxygen atoms in total. The van der Waals surface area contributed by atoms with Crippen molar-refractivity contribution in [2.45, 2.75) is 46.3 Å². The third-order valence-corrected chi connectivity index (χ3v) is 7.00. The molecule has 1 aliphatic heterocycles. The van der Waals surface area contributed by atoms with Gasteiger partial charge in [-0.1, -0.05) is 61.9 Å². The van der Waals surface area contributed by atoms with Crippen LogP contribution in [0.25, 0.3) is 16.9 Å². The van der Waals surface area contributed by atoms with Crippen molar-refractivity contribution in [3.05, 3.63) is 113 Å². The monoisotopic (exact) mass is 550 g/mol. The second-order valence-corrected chi connectivity index (χ2v) is 10.0. The summed E-state index contributed by atoms with van der Waals surface area (Å²) in [5, 5.41) is 10.6. The first-order valence-electron chi connectivity index (χ1n) is 13.8. The molecule has 8 heteroatoms. The van der Waals surface area contributed by atoms with Crippen molar-refractivity contribution >= 4 is 12.0 Å². The van der Waals surface area contributed by atoms with Crippen LogP contribution in [0.3, 0.4) is 0 Å². The molecule has 1 atom stereocenters. The molecule has 210 valence electrons. The van der Waals surface area contributed by atoms with E-state index in [0.29, 0.717) is 29.1 Å². The minimum atomic E-state index is -0.778. The highest BCUT2D eigenvalue weighted by atomic mass is 16.5. The Morgan fingerprint density at radius 1 is 1.00 bits per heavy atom. The Bertz CT molecular complexity index is 1560. The van der Waals surface area contributed by atoms with Crippen molar-refractivity contribution in [2.24, 2.45) is 0 Å². The fraction of sp³-hybridized carbons (Fsp3) is 0.242. The number of aromatic nitrogens is 2. The number of carbonyl (C=O) groups excluding carboxylic acids is 2. The number of nitrogens with zero attached hydrogens (tertiary/aromatic N) is 2. The highest BCUT2D eigenvalue weighted by Gasteiger charge is 2.35. The predicted molar refractivity (Wildman–Crippen MR) is 157 cm³/mol. The van der Waals surface area contributed by atoms with Crippen LogP contribution >= 0.6 is 0 Å². The lowest BCUT2D eigenvalue weighted by Crippen LogP contribution is -2.45. The number of benzene rings is 3. The Morgan fingerprint density at radius 3 is 2.44 bits per heavy atom. The zero-order chi connectivity index (χ0) is 28.8. The van der Waals surface area contributed by atoms with Crippen molar-refractivity contribution < 1.29 is 19.1 Å². The molecular weight excluding hydrogens is 516 g/mol. The van der Waals surface area contributed by atoms with Crippen LogP contribution in [0, 0.1) is 6.92 Å². The van der Waals surface area contributed by atoms with Crippen LogP contribution in [0.15, 0.2) is 96.3 Å². The third-order valence-electron chi connectivity index (χ3n) is 7.00. The summed E-state index contributed by atoms with van der Waals surface area (Å²) in [6, 6.07) is 23.9. The van der Waals surface area contributed by atoms with E-state index < -0.39 is 18.0 Å². The molecule has 0 radical (unpaired) electrons. The SMILES string of the molecule is CCCCOc1ccc(-c2nn(-c3ccccc3)cc2C2NC(=O)NC(C)=C2C(=O)OCc2ccccc2)c(C)c1. The van der Waals surface area contributed by atoms with E-state index in [1.165, 1.54) is 0 Å². The van der Waals surface area contributed by atoms with Crippen LogP contribution < -0.4 is 15.4 Å². The van der Waals surface area contributed by atoms with Crippen LogP contribution in [-0.4, -0.2) is 28.4 Å². The van der Waals surface area contributed by atoms with Gasteiger partial charge in [0, 0.05) is 23.0 Å². The van der Waals surface area contributed by atoms with Gasteiger partial charge in [0.2, 0.25) is 0 Å². The van der Waals surface area contributed by atoms with Gasteiger partial charge in [0.1, 0.15) is 12.4 Å². The van der Waals surface area contributed by atoms with Gasteiger partial charge in [0.15, 0.2) is 0 Å². The number of unbranched alkanes of at least 4 members (excludes halogenated alkanes) is 1. The molecule has 2 amide bonds. The minimum absolute atomic E-state index is 0.117. The first kappa shape index (κ1) is 27.7. The van der Waals surface area contributed by atoms with E-state index >= 15 is 0 Å². The van der Waals surface area contributed by atoms with E-state index in [0.717, 1.165) is 41.0 Å². The van der Waals surface area contributed by atoms with Crippen molar-refractivity contribution in [1.82, 2.24) is 20.4 Å². The maximum absolute atomic E-state index is 13.5. The first-order valence-corrected chi connectivity index (χ1v) is 13.8. The minimum Gasteiger partial charge on any atom is -0.494 e. The Labute approximate surface area is 240 Å². The zero-order valence-electron chi connectivity index (χ0n) is 23.5. The average molecular weight is 551 g/mol. The molecule has 2 N–H and O–H groups in total. The smallest absolute Gasteiger partial charge is 0.338 e. The topological polar surface area (TPSA) is 94.5 Å². The first-order chi connectivity index (χ1) is 19.9. The van der Waals surface area contributed by atoms with Gasteiger partial charge < -0.3 is 20.1 Å². The Hall–Kier alpha value is -4.85. The van der Waals surface area contributed by atoms with E-state index in [1.807, 2.05) is 92.0 Å². The number of urea groups is 1. The molecule has 0 saturated heterocycles. The summed E-state index contributed by atoms with van der Waals surface area (Å²) in [6.07, 6.45) is 3.91. The maximum atomic E-state index is 13.5. The van der Waals surface area contributed by atoms with Crippen LogP contribution in [0.4, 0.5) is 4.79 Å². The molecule has 0 bridgehead atoms. The van der Waals surface area contributed by atoms with Crippen LogP contribution in [0.1, 0.15) is 49.4 Å². The number of para-hydroxylation sites is 1. The number of hydrogen-bond acceptors (Lipinski definition) is 5. The molecule has 1 aliphatic rings. The van der Waals surface area contributed by atoms with Gasteiger partial charge in [0.05, 0.1) is 29.6 Å². The Kier molecular flexibility index (Phi) is 8.48. The van der Waals surface area contributed by atoms with Crippen LogP contribution in [-0.2, 0) is 16.1 Å². The maximum Gasteiger partial charge on any atom is 0.338 e. The molecule has 1 aromatic heterocycles. The molecule has 4 aromatic rings. The zero-order valence-corrected chi connectivity index (χ0v) is 23.5. The lowest BCUT2D eigenvalue weighted by atomic mass is 9.92. The summed E-state index contributed by atoms with van der Waals surface area (Å²) in [7, 11) is 0. The van der Waals surface area contributed by atoms with E-state index in [2.05, 4.69) is 17.6 Å². The summed E-state index contributed by atoms with van der Waals surface area (Å²) in [4.78, 5) is 26.2. The van der Waals surface area contributed by atoms with Gasteiger partial charge in [-0.3, -0.25) is 0 Å². The molecule has 1 unspecified atom stereocenters. The number of esters is 1. The fourth-order valence-corrected chi connectivity index (χ4v) is 4.85. The highest BCUT2D eigenvalue weighted by Crippen LogP contribution is 2.37. The Morgan fingerprint density at radius 2 is 1.73 bits per heavy atom. The van der Waals surface area contributed by atoms with Gasteiger partial charge >= 0.3 is 12.0 Å². The van der Waals surface area contributed by atoms with E-state index in [1.54, 1.807) is 11.6 Å². The molecular formula is C33H34N4O4. The summed E-state index contributed by atoms with van der Waals surface area (Å²) in [5.41, 5.74) is 5.66. The van der Waals surface area contributed by atoms with Crippen molar-refractivity contribution in [2.75, 3.05) is 6.61 Å². The van der Waals surface area contributed by atoms with Gasteiger partial charge in [0.25, 0.3) is 0 Å². The van der Waals surface area contributed by atoms with Crippen molar-refractivity contribution in [3.8, 4) is 22.7 Å². The summed E-state index contributed by atoms with van der Waals surface area (Å²) in [6.45, 7) is 6.61. The van der Waals surface area contributed by atoms with Gasteiger partial charge in [-0.15, -0.1) is 0 Å².